The monoisotopic (exact) mass is 345 g/mol. The van der Waals surface area contributed by atoms with Crippen LogP contribution in [0, 0.1) is 0 Å². The summed E-state index contributed by atoms with van der Waals surface area (Å²) in [6.07, 6.45) is 0. The average Bonchev–Trinajstić information content (AvgIpc) is 3.05. The molecule has 1 aliphatic heterocycles. The van der Waals surface area contributed by atoms with Gasteiger partial charge in [-0.1, -0.05) is 12.1 Å². The molecule has 8 nitrogen and oxygen atoms in total. The smallest absolute Gasteiger partial charge is 0.358 e. The maximum absolute atomic E-state index is 11.7. The number of carbonyl (C=O) groups is 2. The van der Waals surface area contributed by atoms with Crippen molar-refractivity contribution < 1.29 is 24.2 Å². The summed E-state index contributed by atoms with van der Waals surface area (Å²) in [6, 6.07) is 9.26. The van der Waals surface area contributed by atoms with E-state index in [1.54, 1.807) is 6.07 Å². The fraction of sp³-hybridized carbons (Fsp3) is 0.353. The molecule has 25 heavy (non-hydrogen) atoms. The van der Waals surface area contributed by atoms with E-state index in [9.17, 15) is 9.59 Å². The summed E-state index contributed by atoms with van der Waals surface area (Å²) in [7, 11) is 1.26. The van der Waals surface area contributed by atoms with Gasteiger partial charge in [-0.25, -0.2) is 4.79 Å². The summed E-state index contributed by atoms with van der Waals surface area (Å²) >= 11 is 0. The van der Waals surface area contributed by atoms with Crippen LogP contribution in [-0.2, 0) is 20.8 Å². The van der Waals surface area contributed by atoms with Crippen LogP contribution in [0.25, 0.3) is 11.3 Å². The van der Waals surface area contributed by atoms with Crippen molar-refractivity contribution in [2.45, 2.75) is 6.54 Å². The number of carboxylic acids is 1. The highest BCUT2D eigenvalue weighted by Gasteiger charge is 2.18. The van der Waals surface area contributed by atoms with Crippen LogP contribution in [-0.4, -0.2) is 60.2 Å². The molecule has 1 aromatic heterocycles. The molecule has 0 saturated carbocycles. The normalized spacial score (nSPS) is 14.4. The van der Waals surface area contributed by atoms with Gasteiger partial charge in [-0.05, 0) is 23.8 Å². The zero-order valence-corrected chi connectivity index (χ0v) is 13.8. The molecule has 0 spiro atoms. The molecule has 1 N–H and O–H groups in total. The highest BCUT2D eigenvalue weighted by atomic mass is 16.5. The number of hydrogen-bond acceptors (Lipinski definition) is 6. The predicted molar refractivity (Wildman–Crippen MR) is 89.7 cm³/mol. The molecule has 0 unspecified atom stereocenters. The predicted octanol–water partition coefficient (Wildman–Crippen LogP) is 1.26. The molecular formula is C17H19N3O5. The van der Waals surface area contributed by atoms with Crippen molar-refractivity contribution in [3.8, 4) is 11.3 Å². The first-order valence-electron chi connectivity index (χ1n) is 7.89. The number of hydrogen-bond donors (Lipinski definition) is 1. The maximum Gasteiger partial charge on any atom is 0.358 e. The van der Waals surface area contributed by atoms with Gasteiger partial charge in [0.1, 0.15) is 6.54 Å². The van der Waals surface area contributed by atoms with E-state index < -0.39 is 11.9 Å². The number of benzene rings is 1. The Balaban J connectivity index is 1.90. The number of carboxylic acid groups (broad SMARTS) is 1. The van der Waals surface area contributed by atoms with Crippen LogP contribution >= 0.6 is 0 Å². The molecule has 0 radical (unpaired) electrons. The van der Waals surface area contributed by atoms with Crippen LogP contribution in [0.5, 0.6) is 0 Å². The average molecular weight is 345 g/mol. The van der Waals surface area contributed by atoms with Crippen molar-refractivity contribution in [2.75, 3.05) is 38.3 Å². The van der Waals surface area contributed by atoms with E-state index in [-0.39, 0.29) is 12.2 Å². The summed E-state index contributed by atoms with van der Waals surface area (Å²) < 4.78 is 11.3. The van der Waals surface area contributed by atoms with Crippen molar-refractivity contribution >= 4 is 17.6 Å². The molecule has 1 aliphatic rings. The van der Waals surface area contributed by atoms with Crippen molar-refractivity contribution in [3.05, 3.63) is 36.0 Å². The Morgan fingerprint density at radius 1 is 1.24 bits per heavy atom. The van der Waals surface area contributed by atoms with Crippen LogP contribution < -0.4 is 4.90 Å². The van der Waals surface area contributed by atoms with E-state index in [0.717, 1.165) is 24.3 Å². The first-order valence-corrected chi connectivity index (χ1v) is 7.89. The van der Waals surface area contributed by atoms with Gasteiger partial charge in [0.2, 0.25) is 0 Å². The molecule has 2 heterocycles. The topological polar surface area (TPSA) is 93.9 Å². The highest BCUT2D eigenvalue weighted by Crippen LogP contribution is 2.25. The van der Waals surface area contributed by atoms with Crippen molar-refractivity contribution in [3.63, 3.8) is 0 Å². The number of aromatic nitrogens is 2. The van der Waals surface area contributed by atoms with Gasteiger partial charge in [0.25, 0.3) is 0 Å². The summed E-state index contributed by atoms with van der Waals surface area (Å²) in [4.78, 5) is 25.0. The van der Waals surface area contributed by atoms with E-state index in [4.69, 9.17) is 9.84 Å². The number of rotatable bonds is 5. The Morgan fingerprint density at radius 3 is 2.52 bits per heavy atom. The first kappa shape index (κ1) is 17.0. The zero-order chi connectivity index (χ0) is 17.8. The highest BCUT2D eigenvalue weighted by molar-refractivity contribution is 5.88. The van der Waals surface area contributed by atoms with Gasteiger partial charge in [0, 0.05) is 18.8 Å². The summed E-state index contributed by atoms with van der Waals surface area (Å²) in [5.74, 6) is -1.64. The number of nitrogens with zero attached hydrogens (tertiary/aromatic N) is 3. The van der Waals surface area contributed by atoms with Crippen LogP contribution in [0.3, 0.4) is 0 Å². The lowest BCUT2D eigenvalue weighted by Crippen LogP contribution is -2.36. The number of carbonyl (C=O) groups excluding carboxylic acids is 1. The number of morpholine rings is 1. The van der Waals surface area contributed by atoms with E-state index in [0.29, 0.717) is 18.9 Å². The molecule has 2 aromatic rings. The minimum atomic E-state index is -1.04. The summed E-state index contributed by atoms with van der Waals surface area (Å²) in [5.41, 5.74) is 2.48. The molecule has 3 rings (SSSR count). The Kier molecular flexibility index (Phi) is 4.99. The van der Waals surface area contributed by atoms with Crippen molar-refractivity contribution in [1.29, 1.82) is 0 Å². The molecule has 1 fully saturated rings. The zero-order valence-electron chi connectivity index (χ0n) is 13.8. The largest absolute Gasteiger partial charge is 0.480 e. The third kappa shape index (κ3) is 3.80. The molecule has 0 aliphatic carbocycles. The van der Waals surface area contributed by atoms with Gasteiger partial charge in [-0.15, -0.1) is 0 Å². The number of esters is 1. The maximum atomic E-state index is 11.7. The molecule has 1 saturated heterocycles. The van der Waals surface area contributed by atoms with Crippen LogP contribution in [0.15, 0.2) is 30.3 Å². The third-order valence-electron chi connectivity index (χ3n) is 4.00. The number of methoxy groups -OCH3 is 1. The Labute approximate surface area is 144 Å². The fourth-order valence-corrected chi connectivity index (χ4v) is 2.77. The fourth-order valence-electron chi connectivity index (χ4n) is 2.77. The summed E-state index contributed by atoms with van der Waals surface area (Å²) in [6.45, 7) is 2.74. The summed E-state index contributed by atoms with van der Waals surface area (Å²) in [5, 5.41) is 13.1. The molecule has 0 bridgehead atoms. The van der Waals surface area contributed by atoms with E-state index >= 15 is 0 Å². The van der Waals surface area contributed by atoms with Crippen LogP contribution in [0.1, 0.15) is 10.5 Å². The molecule has 0 amide bonds. The third-order valence-corrected chi connectivity index (χ3v) is 4.00. The second-order valence-electron chi connectivity index (χ2n) is 5.60. The number of anilines is 1. The van der Waals surface area contributed by atoms with Gasteiger partial charge in [0.15, 0.2) is 5.69 Å². The van der Waals surface area contributed by atoms with Crippen molar-refractivity contribution in [2.24, 2.45) is 0 Å². The standard InChI is InChI=1S/C17H19N3O5/c1-24-17(23)14-10-15(20(18-14)11-16(21)22)12-2-4-13(5-3-12)19-6-8-25-9-7-19/h2-5,10H,6-9,11H2,1H3,(H,21,22). The minimum absolute atomic E-state index is 0.0796. The van der Waals surface area contributed by atoms with Gasteiger partial charge in [0.05, 0.1) is 26.0 Å². The lowest BCUT2D eigenvalue weighted by atomic mass is 10.1. The molecular weight excluding hydrogens is 326 g/mol. The van der Waals surface area contributed by atoms with Gasteiger partial charge in [-0.3, -0.25) is 9.48 Å². The SMILES string of the molecule is COC(=O)c1cc(-c2ccc(N3CCOCC3)cc2)n(CC(=O)O)n1. The Morgan fingerprint density at radius 2 is 1.92 bits per heavy atom. The lowest BCUT2D eigenvalue weighted by molar-refractivity contribution is -0.137. The quantitative estimate of drug-likeness (QED) is 0.815. The van der Waals surface area contributed by atoms with E-state index in [2.05, 4.69) is 14.7 Å². The molecule has 8 heteroatoms. The Hall–Kier alpha value is -2.87. The van der Waals surface area contributed by atoms with Gasteiger partial charge < -0.3 is 19.5 Å². The lowest BCUT2D eigenvalue weighted by Gasteiger charge is -2.28. The van der Waals surface area contributed by atoms with Crippen LogP contribution in [0.2, 0.25) is 0 Å². The number of aliphatic carboxylic acids is 1. The van der Waals surface area contributed by atoms with Gasteiger partial charge in [-0.2, -0.15) is 5.10 Å². The number of ether oxygens (including phenoxy) is 2. The van der Waals surface area contributed by atoms with Gasteiger partial charge >= 0.3 is 11.9 Å². The molecule has 132 valence electrons. The second kappa shape index (κ2) is 7.35. The second-order valence-corrected chi connectivity index (χ2v) is 5.60. The van der Waals surface area contributed by atoms with Crippen molar-refractivity contribution in [1.82, 2.24) is 9.78 Å². The molecule has 1 aromatic carbocycles. The molecule has 0 atom stereocenters. The van der Waals surface area contributed by atoms with E-state index in [1.165, 1.54) is 11.8 Å². The first-order chi connectivity index (χ1) is 12.1. The minimum Gasteiger partial charge on any atom is -0.480 e. The Bertz CT molecular complexity index is 763. The van der Waals surface area contributed by atoms with E-state index in [1.807, 2.05) is 24.3 Å². The van der Waals surface area contributed by atoms with Crippen LogP contribution in [0.4, 0.5) is 5.69 Å².